The Morgan fingerprint density at radius 2 is 1.74 bits per heavy atom. The van der Waals surface area contributed by atoms with E-state index in [-0.39, 0.29) is 11.5 Å². The third kappa shape index (κ3) is 4.72. The molecule has 0 fully saturated rings. The standard InChI is InChI=1S/C16H14F3NO2S/c1-10(21)11-6-7-14(13-5-3-2-4-12(11)13)23-8-15(22)20-9-16(17,18)19/h2-7H,8-9H2,1H3,(H,20,22). The number of ketones is 1. The number of alkyl halides is 3. The monoisotopic (exact) mass is 341 g/mol. The Kier molecular flexibility index (Phi) is 5.30. The Balaban J connectivity index is 2.14. The van der Waals surface area contributed by atoms with Crippen molar-refractivity contribution >= 4 is 34.2 Å². The zero-order valence-corrected chi connectivity index (χ0v) is 13.1. The SMILES string of the molecule is CC(=O)c1ccc(SCC(=O)NCC(F)(F)F)c2ccccc12. The van der Waals surface area contributed by atoms with Gasteiger partial charge in [-0.25, -0.2) is 0 Å². The molecule has 1 amide bonds. The average molecular weight is 341 g/mol. The number of hydrogen-bond donors (Lipinski definition) is 1. The fourth-order valence-electron chi connectivity index (χ4n) is 2.10. The van der Waals surface area contributed by atoms with Crippen LogP contribution in [0, 0.1) is 0 Å². The van der Waals surface area contributed by atoms with Crippen LogP contribution < -0.4 is 5.32 Å². The molecule has 0 unspecified atom stereocenters. The van der Waals surface area contributed by atoms with E-state index in [0.717, 1.165) is 27.4 Å². The Morgan fingerprint density at radius 1 is 1.09 bits per heavy atom. The van der Waals surface area contributed by atoms with Crippen molar-refractivity contribution in [3.63, 3.8) is 0 Å². The van der Waals surface area contributed by atoms with E-state index in [4.69, 9.17) is 0 Å². The van der Waals surface area contributed by atoms with E-state index in [1.807, 2.05) is 11.4 Å². The van der Waals surface area contributed by atoms with Gasteiger partial charge in [0.1, 0.15) is 6.54 Å². The summed E-state index contributed by atoms with van der Waals surface area (Å²) in [6.45, 7) is 0.135. The Hall–Kier alpha value is -2.02. The van der Waals surface area contributed by atoms with Crippen LogP contribution in [0.15, 0.2) is 41.3 Å². The molecule has 0 aromatic heterocycles. The summed E-state index contributed by atoms with van der Waals surface area (Å²) < 4.78 is 36.2. The van der Waals surface area contributed by atoms with E-state index in [1.54, 1.807) is 30.3 Å². The van der Waals surface area contributed by atoms with Gasteiger partial charge in [-0.2, -0.15) is 13.2 Å². The molecule has 122 valence electrons. The van der Waals surface area contributed by atoms with Gasteiger partial charge in [0.15, 0.2) is 5.78 Å². The van der Waals surface area contributed by atoms with Crippen molar-refractivity contribution in [2.75, 3.05) is 12.3 Å². The van der Waals surface area contributed by atoms with Crippen molar-refractivity contribution in [2.45, 2.75) is 18.0 Å². The quantitative estimate of drug-likeness (QED) is 0.664. The molecule has 0 radical (unpaired) electrons. The van der Waals surface area contributed by atoms with Crippen LogP contribution >= 0.6 is 11.8 Å². The van der Waals surface area contributed by atoms with Gasteiger partial charge in [-0.1, -0.05) is 24.3 Å². The highest BCUT2D eigenvalue weighted by Gasteiger charge is 2.27. The molecule has 0 saturated heterocycles. The molecule has 0 bridgehead atoms. The summed E-state index contributed by atoms with van der Waals surface area (Å²) >= 11 is 1.14. The lowest BCUT2D eigenvalue weighted by molar-refractivity contribution is -0.136. The number of halogens is 3. The van der Waals surface area contributed by atoms with Crippen molar-refractivity contribution in [1.82, 2.24) is 5.32 Å². The minimum Gasteiger partial charge on any atom is -0.346 e. The molecule has 2 aromatic carbocycles. The van der Waals surface area contributed by atoms with E-state index in [9.17, 15) is 22.8 Å². The largest absolute Gasteiger partial charge is 0.405 e. The van der Waals surface area contributed by atoms with Crippen molar-refractivity contribution in [3.05, 3.63) is 42.0 Å². The summed E-state index contributed by atoms with van der Waals surface area (Å²) in [5, 5.41) is 3.40. The van der Waals surface area contributed by atoms with Gasteiger partial charge in [0.25, 0.3) is 0 Å². The maximum absolute atomic E-state index is 12.1. The third-order valence-electron chi connectivity index (χ3n) is 3.11. The van der Waals surface area contributed by atoms with E-state index in [0.29, 0.717) is 5.56 Å². The summed E-state index contributed by atoms with van der Waals surface area (Å²) in [7, 11) is 0. The van der Waals surface area contributed by atoms with Crippen LogP contribution in [0.3, 0.4) is 0 Å². The van der Waals surface area contributed by atoms with Gasteiger partial charge in [-0.3, -0.25) is 9.59 Å². The summed E-state index contributed by atoms with van der Waals surface area (Å²) in [6.07, 6.45) is -4.42. The van der Waals surface area contributed by atoms with Gasteiger partial charge in [0.2, 0.25) is 5.91 Å². The van der Waals surface area contributed by atoms with Crippen molar-refractivity contribution < 1.29 is 22.8 Å². The van der Waals surface area contributed by atoms with Gasteiger partial charge in [0, 0.05) is 10.5 Å². The number of amides is 1. The topological polar surface area (TPSA) is 46.2 Å². The second-order valence-electron chi connectivity index (χ2n) is 4.89. The fourth-order valence-corrected chi connectivity index (χ4v) is 2.98. The number of benzene rings is 2. The Bertz CT molecular complexity index is 744. The normalized spacial score (nSPS) is 11.5. The van der Waals surface area contributed by atoms with Crippen molar-refractivity contribution in [3.8, 4) is 0 Å². The average Bonchev–Trinajstić information content (AvgIpc) is 2.49. The Labute approximate surface area is 135 Å². The molecule has 0 aliphatic rings. The number of carbonyl (C=O) groups is 2. The molecule has 0 aliphatic heterocycles. The number of thioether (sulfide) groups is 1. The van der Waals surface area contributed by atoms with Crippen LogP contribution in [-0.2, 0) is 4.79 Å². The first-order chi connectivity index (χ1) is 10.8. The molecule has 0 heterocycles. The van der Waals surface area contributed by atoms with Gasteiger partial charge in [-0.15, -0.1) is 11.8 Å². The molecule has 0 saturated carbocycles. The molecule has 3 nitrogen and oxygen atoms in total. The maximum Gasteiger partial charge on any atom is 0.405 e. The zero-order valence-electron chi connectivity index (χ0n) is 12.2. The molecule has 0 aliphatic carbocycles. The minimum absolute atomic E-state index is 0.0688. The summed E-state index contributed by atoms with van der Waals surface area (Å²) in [5.74, 6) is -0.882. The Morgan fingerprint density at radius 3 is 2.35 bits per heavy atom. The molecule has 1 N–H and O–H groups in total. The first kappa shape index (κ1) is 17.3. The number of rotatable bonds is 5. The molecular weight excluding hydrogens is 327 g/mol. The maximum atomic E-state index is 12.1. The van der Waals surface area contributed by atoms with Gasteiger partial charge < -0.3 is 5.32 Å². The molecule has 2 aromatic rings. The summed E-state index contributed by atoms with van der Waals surface area (Å²) in [4.78, 5) is 23.9. The highest BCUT2D eigenvalue weighted by Crippen LogP contribution is 2.30. The second kappa shape index (κ2) is 7.04. The van der Waals surface area contributed by atoms with Gasteiger partial charge in [-0.05, 0) is 29.8 Å². The van der Waals surface area contributed by atoms with Crippen LogP contribution in [0.1, 0.15) is 17.3 Å². The first-order valence-electron chi connectivity index (χ1n) is 6.77. The van der Waals surface area contributed by atoms with E-state index in [1.165, 1.54) is 6.92 Å². The number of nitrogens with one attached hydrogen (secondary N) is 1. The lowest BCUT2D eigenvalue weighted by Crippen LogP contribution is -2.34. The molecule has 0 atom stereocenters. The smallest absolute Gasteiger partial charge is 0.346 e. The number of fused-ring (bicyclic) bond motifs is 1. The van der Waals surface area contributed by atoms with Gasteiger partial charge >= 0.3 is 6.18 Å². The van der Waals surface area contributed by atoms with Crippen LogP contribution in [0.2, 0.25) is 0 Å². The lowest BCUT2D eigenvalue weighted by atomic mass is 10.0. The highest BCUT2D eigenvalue weighted by atomic mass is 32.2. The number of carbonyl (C=O) groups excluding carboxylic acids is 2. The van der Waals surface area contributed by atoms with Crippen LogP contribution in [0.4, 0.5) is 13.2 Å². The third-order valence-corrected chi connectivity index (χ3v) is 4.18. The summed E-state index contributed by atoms with van der Waals surface area (Å²) in [5.41, 5.74) is 0.575. The predicted molar refractivity (Wildman–Crippen MR) is 83.7 cm³/mol. The molecule has 2 rings (SSSR count). The zero-order chi connectivity index (χ0) is 17.0. The van der Waals surface area contributed by atoms with Gasteiger partial charge in [0.05, 0.1) is 5.75 Å². The number of hydrogen-bond acceptors (Lipinski definition) is 3. The van der Waals surface area contributed by atoms with Crippen molar-refractivity contribution in [1.29, 1.82) is 0 Å². The van der Waals surface area contributed by atoms with E-state index in [2.05, 4.69) is 0 Å². The second-order valence-corrected chi connectivity index (χ2v) is 5.91. The van der Waals surface area contributed by atoms with Crippen LogP contribution in [0.5, 0.6) is 0 Å². The van der Waals surface area contributed by atoms with E-state index < -0.39 is 18.6 Å². The molecule has 0 spiro atoms. The molecule has 23 heavy (non-hydrogen) atoms. The summed E-state index contributed by atoms with van der Waals surface area (Å²) in [6, 6.07) is 10.6. The first-order valence-corrected chi connectivity index (χ1v) is 7.75. The van der Waals surface area contributed by atoms with Crippen LogP contribution in [-0.4, -0.2) is 30.2 Å². The predicted octanol–water partition coefficient (Wildman–Crippen LogP) is 3.81. The fraction of sp³-hybridized carbons (Fsp3) is 0.250. The molecule has 7 heteroatoms. The minimum atomic E-state index is -4.42. The highest BCUT2D eigenvalue weighted by molar-refractivity contribution is 8.00. The van der Waals surface area contributed by atoms with E-state index >= 15 is 0 Å². The molecular formula is C16H14F3NO2S. The van der Waals surface area contributed by atoms with Crippen LogP contribution in [0.25, 0.3) is 10.8 Å². The lowest BCUT2D eigenvalue weighted by Gasteiger charge is -2.10. The van der Waals surface area contributed by atoms with Crippen molar-refractivity contribution in [2.24, 2.45) is 0 Å². The number of Topliss-reactive ketones (excluding diaryl/α,β-unsaturated/α-hetero) is 1.